The largest absolute Gasteiger partial charge is 0.324 e. The molecule has 29 heavy (non-hydrogen) atoms. The molecule has 0 unspecified atom stereocenters. The van der Waals surface area contributed by atoms with Gasteiger partial charge in [-0.05, 0) is 29.8 Å². The van der Waals surface area contributed by atoms with Gasteiger partial charge in [0.25, 0.3) is 5.56 Å². The number of hydrogen-bond donors (Lipinski definition) is 1. The molecule has 0 aliphatic heterocycles. The van der Waals surface area contributed by atoms with Crippen molar-refractivity contribution in [1.82, 2.24) is 9.55 Å². The van der Waals surface area contributed by atoms with Crippen LogP contribution in [0.2, 0.25) is 0 Å². The third kappa shape index (κ3) is 4.13. The number of benzene rings is 2. The van der Waals surface area contributed by atoms with E-state index in [2.05, 4.69) is 26.2 Å². The second kappa shape index (κ2) is 8.26. The average molecular weight is 472 g/mol. The maximum Gasteiger partial charge on any atom is 0.262 e. The topological polar surface area (TPSA) is 64.0 Å². The first-order chi connectivity index (χ1) is 14.0. The number of hydrogen-bond acceptors (Lipinski definition) is 4. The number of anilines is 1. The highest BCUT2D eigenvalue weighted by Gasteiger charge is 2.14. The predicted molar refractivity (Wildman–Crippen MR) is 117 cm³/mol. The molecule has 0 atom stereocenters. The van der Waals surface area contributed by atoms with E-state index >= 15 is 0 Å². The summed E-state index contributed by atoms with van der Waals surface area (Å²) in [6.07, 6.45) is 1.47. The van der Waals surface area contributed by atoms with Crippen molar-refractivity contribution < 1.29 is 9.18 Å². The average Bonchev–Trinajstić information content (AvgIpc) is 3.15. The summed E-state index contributed by atoms with van der Waals surface area (Å²) in [6, 6.07) is 13.7. The van der Waals surface area contributed by atoms with Crippen molar-refractivity contribution in [3.05, 3.63) is 80.9 Å². The van der Waals surface area contributed by atoms with Crippen LogP contribution in [0, 0.1) is 5.82 Å². The van der Waals surface area contributed by atoms with E-state index in [1.807, 2.05) is 29.6 Å². The lowest BCUT2D eigenvalue weighted by Gasteiger charge is -2.08. The lowest BCUT2D eigenvalue weighted by Crippen LogP contribution is -2.23. The minimum absolute atomic E-state index is 0.0270. The Hall–Kier alpha value is -2.84. The molecule has 1 N–H and O–H groups in total. The fourth-order valence-corrected chi connectivity index (χ4v) is 4.14. The summed E-state index contributed by atoms with van der Waals surface area (Å²) in [7, 11) is 0. The van der Waals surface area contributed by atoms with Crippen LogP contribution in [0.25, 0.3) is 21.3 Å². The second-order valence-electron chi connectivity index (χ2n) is 6.36. The minimum atomic E-state index is -0.501. The van der Waals surface area contributed by atoms with E-state index in [1.54, 1.807) is 12.1 Å². The number of para-hydroxylation sites is 1. The molecule has 0 aliphatic carbocycles. The van der Waals surface area contributed by atoms with Crippen molar-refractivity contribution >= 4 is 49.1 Å². The zero-order valence-electron chi connectivity index (χ0n) is 15.1. The first-order valence-corrected chi connectivity index (χ1v) is 10.5. The maximum atomic E-state index is 13.7. The van der Waals surface area contributed by atoms with Crippen LogP contribution in [0.3, 0.4) is 0 Å². The minimum Gasteiger partial charge on any atom is -0.324 e. The van der Waals surface area contributed by atoms with E-state index in [-0.39, 0.29) is 30.1 Å². The summed E-state index contributed by atoms with van der Waals surface area (Å²) in [6.45, 7) is 0.150. The Morgan fingerprint density at radius 3 is 2.69 bits per heavy atom. The Labute approximate surface area is 178 Å². The van der Waals surface area contributed by atoms with Gasteiger partial charge in [0.2, 0.25) is 5.91 Å². The number of halogens is 2. The molecule has 5 nitrogen and oxygen atoms in total. The van der Waals surface area contributed by atoms with Crippen LogP contribution in [-0.4, -0.2) is 15.5 Å². The first-order valence-electron chi connectivity index (χ1n) is 8.80. The molecule has 2 aromatic carbocycles. The monoisotopic (exact) mass is 471 g/mol. The molecule has 0 saturated heterocycles. The highest BCUT2D eigenvalue weighted by atomic mass is 79.9. The van der Waals surface area contributed by atoms with Gasteiger partial charge in [-0.1, -0.05) is 40.2 Å². The third-order valence-corrected chi connectivity index (χ3v) is 5.86. The van der Waals surface area contributed by atoms with Gasteiger partial charge in [-0.2, -0.15) is 0 Å². The van der Waals surface area contributed by atoms with Crippen LogP contribution in [0.4, 0.5) is 10.1 Å². The Morgan fingerprint density at radius 2 is 1.93 bits per heavy atom. The molecule has 0 bridgehead atoms. The molecular weight excluding hydrogens is 457 g/mol. The molecule has 0 aliphatic rings. The van der Waals surface area contributed by atoms with Gasteiger partial charge in [0.05, 0.1) is 17.4 Å². The zero-order chi connectivity index (χ0) is 20.4. The molecule has 4 rings (SSSR count). The van der Waals surface area contributed by atoms with Crippen LogP contribution >= 0.6 is 27.3 Å². The van der Waals surface area contributed by atoms with Gasteiger partial charge in [0.15, 0.2) is 0 Å². The fraction of sp³-hybridized carbons (Fsp3) is 0.0952. The molecule has 0 radical (unpaired) electrons. The van der Waals surface area contributed by atoms with Crippen LogP contribution in [-0.2, 0) is 11.3 Å². The second-order valence-corrected chi connectivity index (χ2v) is 8.13. The molecule has 8 heteroatoms. The Morgan fingerprint density at radius 1 is 1.17 bits per heavy atom. The lowest BCUT2D eigenvalue weighted by molar-refractivity contribution is -0.116. The number of amides is 1. The summed E-state index contributed by atoms with van der Waals surface area (Å²) < 4.78 is 16.0. The van der Waals surface area contributed by atoms with Gasteiger partial charge in [-0.15, -0.1) is 11.3 Å². The lowest BCUT2D eigenvalue weighted by atomic mass is 10.1. The quantitative estimate of drug-likeness (QED) is 0.442. The number of aromatic nitrogens is 2. The van der Waals surface area contributed by atoms with Crippen molar-refractivity contribution in [2.45, 2.75) is 13.0 Å². The molecule has 0 saturated carbocycles. The molecule has 4 aromatic rings. The molecular formula is C21H15BrFN3O2S. The van der Waals surface area contributed by atoms with Crippen LogP contribution in [0.15, 0.2) is 69.5 Å². The first kappa shape index (κ1) is 19.5. The number of carbonyl (C=O) groups excluding carboxylic acids is 1. The number of fused-ring (bicyclic) bond motifs is 1. The van der Waals surface area contributed by atoms with Gasteiger partial charge in [0, 0.05) is 28.4 Å². The molecule has 146 valence electrons. The van der Waals surface area contributed by atoms with Gasteiger partial charge < -0.3 is 5.32 Å². The highest BCUT2D eigenvalue weighted by molar-refractivity contribution is 9.10. The molecule has 2 heterocycles. The van der Waals surface area contributed by atoms with E-state index in [9.17, 15) is 14.0 Å². The van der Waals surface area contributed by atoms with E-state index < -0.39 is 5.82 Å². The molecule has 0 spiro atoms. The van der Waals surface area contributed by atoms with Crippen molar-refractivity contribution in [2.24, 2.45) is 0 Å². The van der Waals surface area contributed by atoms with Gasteiger partial charge in [0.1, 0.15) is 10.6 Å². The van der Waals surface area contributed by atoms with Gasteiger partial charge >= 0.3 is 0 Å². The summed E-state index contributed by atoms with van der Waals surface area (Å²) >= 11 is 4.82. The summed E-state index contributed by atoms with van der Waals surface area (Å²) in [5, 5.41) is 4.97. The van der Waals surface area contributed by atoms with E-state index in [0.717, 1.165) is 15.6 Å². The Kier molecular flexibility index (Phi) is 5.55. The third-order valence-electron chi connectivity index (χ3n) is 4.44. The fourth-order valence-electron chi connectivity index (χ4n) is 2.97. The van der Waals surface area contributed by atoms with Crippen molar-refractivity contribution in [1.29, 1.82) is 0 Å². The van der Waals surface area contributed by atoms with E-state index in [0.29, 0.717) is 10.2 Å². The number of nitrogens with zero attached hydrogens (tertiary/aromatic N) is 2. The standard InChI is InChI=1S/C21H15BrFN3O2S/c22-14-7-5-13(6-8-14)15-11-29-20-19(15)21(28)26(12-24-20)10-9-18(27)25-17-4-2-1-3-16(17)23/h1-8,11-12H,9-10H2,(H,25,27). The van der Waals surface area contributed by atoms with Gasteiger partial charge in [-0.25, -0.2) is 9.37 Å². The van der Waals surface area contributed by atoms with Crippen molar-refractivity contribution in [3.8, 4) is 11.1 Å². The van der Waals surface area contributed by atoms with E-state index in [1.165, 1.54) is 34.4 Å². The summed E-state index contributed by atoms with van der Waals surface area (Å²) in [5.74, 6) is -0.876. The Balaban J connectivity index is 1.57. The zero-order valence-corrected chi connectivity index (χ0v) is 17.5. The molecule has 0 fully saturated rings. The van der Waals surface area contributed by atoms with E-state index in [4.69, 9.17) is 0 Å². The normalized spacial score (nSPS) is 11.0. The van der Waals surface area contributed by atoms with Crippen molar-refractivity contribution in [2.75, 3.05) is 5.32 Å². The summed E-state index contributed by atoms with van der Waals surface area (Å²) in [5.41, 5.74) is 1.66. The predicted octanol–water partition coefficient (Wildman–Crippen LogP) is 5.06. The highest BCUT2D eigenvalue weighted by Crippen LogP contribution is 2.31. The van der Waals surface area contributed by atoms with Crippen molar-refractivity contribution in [3.63, 3.8) is 0 Å². The Bertz CT molecular complexity index is 1250. The summed E-state index contributed by atoms with van der Waals surface area (Å²) in [4.78, 5) is 30.2. The van der Waals surface area contributed by atoms with Crippen LogP contribution < -0.4 is 10.9 Å². The number of thiophene rings is 1. The maximum absolute atomic E-state index is 13.7. The van der Waals surface area contributed by atoms with Crippen LogP contribution in [0.5, 0.6) is 0 Å². The number of rotatable bonds is 5. The number of aryl methyl sites for hydroxylation is 1. The molecule has 2 aromatic heterocycles. The number of nitrogens with one attached hydrogen (secondary N) is 1. The molecule has 1 amide bonds. The SMILES string of the molecule is O=C(CCn1cnc2scc(-c3ccc(Br)cc3)c2c1=O)Nc1ccccc1F. The smallest absolute Gasteiger partial charge is 0.262 e. The van der Waals surface area contributed by atoms with Gasteiger partial charge in [-0.3, -0.25) is 14.2 Å². The van der Waals surface area contributed by atoms with Crippen LogP contribution in [0.1, 0.15) is 6.42 Å². The number of carbonyl (C=O) groups is 1.